The van der Waals surface area contributed by atoms with Gasteiger partial charge in [0.05, 0.1) is 10.9 Å². The monoisotopic (exact) mass is 460 g/mol. The molecule has 3 nitrogen and oxygen atoms in total. The molecule has 3 N–H and O–H groups in total. The topological polar surface area (TPSA) is 55.1 Å². The van der Waals surface area contributed by atoms with Crippen LogP contribution in [0.4, 0.5) is 0 Å². The molecule has 0 aliphatic carbocycles. The van der Waals surface area contributed by atoms with Gasteiger partial charge in [-0.05, 0) is 12.0 Å². The zero-order valence-electron chi connectivity index (χ0n) is 20.6. The smallest absolute Gasteiger partial charge is 0.235 e. The molecule has 0 radical (unpaired) electrons. The minimum atomic E-state index is -0.234. The lowest BCUT2D eigenvalue weighted by Crippen LogP contribution is -2.46. The third-order valence-electron chi connectivity index (χ3n) is 6.87. The second kappa shape index (κ2) is 16.6. The highest BCUT2D eigenvalue weighted by atomic mass is 32.2. The van der Waals surface area contributed by atoms with Gasteiger partial charge < -0.3 is 5.73 Å². The summed E-state index contributed by atoms with van der Waals surface area (Å²) in [7, 11) is 0. The molecule has 1 amide bonds. The standard InChI is InChI=1S/C28H48N2OS/c1-2-3-4-5-6-7-8-9-10-11-12-13-14-15-16-20-23-28(25-21-18-17-19-22-25)30-26(24-32-28)27(29)31/h17-19,21-22,26,30H,2-16,20,23-24H2,1H3,(H2,29,31). The molecule has 1 heterocycles. The van der Waals surface area contributed by atoms with Crippen molar-refractivity contribution in [2.24, 2.45) is 5.73 Å². The van der Waals surface area contributed by atoms with Crippen molar-refractivity contribution in [1.29, 1.82) is 0 Å². The van der Waals surface area contributed by atoms with E-state index in [2.05, 4.69) is 42.6 Å². The normalized spacial score (nSPS) is 20.6. The first kappa shape index (κ1) is 27.2. The Bertz CT molecular complexity index is 609. The molecule has 1 aromatic rings. The van der Waals surface area contributed by atoms with Crippen molar-refractivity contribution in [1.82, 2.24) is 5.32 Å². The van der Waals surface area contributed by atoms with E-state index in [4.69, 9.17) is 5.73 Å². The number of unbranched alkanes of at least 4 members (excludes halogenated alkanes) is 15. The van der Waals surface area contributed by atoms with Crippen molar-refractivity contribution in [3.05, 3.63) is 35.9 Å². The largest absolute Gasteiger partial charge is 0.368 e. The van der Waals surface area contributed by atoms with Crippen LogP contribution in [0.5, 0.6) is 0 Å². The van der Waals surface area contributed by atoms with Crippen LogP contribution in [0.15, 0.2) is 30.3 Å². The van der Waals surface area contributed by atoms with E-state index in [9.17, 15) is 4.79 Å². The summed E-state index contributed by atoms with van der Waals surface area (Å²) in [6.45, 7) is 2.29. The average molecular weight is 461 g/mol. The van der Waals surface area contributed by atoms with Gasteiger partial charge in [-0.3, -0.25) is 10.1 Å². The van der Waals surface area contributed by atoms with Crippen LogP contribution in [-0.4, -0.2) is 17.7 Å². The number of carbonyl (C=O) groups excluding carboxylic acids is 1. The highest BCUT2D eigenvalue weighted by Crippen LogP contribution is 2.43. The first-order chi connectivity index (χ1) is 15.7. The molecular weight excluding hydrogens is 412 g/mol. The lowest BCUT2D eigenvalue weighted by Gasteiger charge is -2.30. The van der Waals surface area contributed by atoms with Crippen LogP contribution in [-0.2, 0) is 9.67 Å². The van der Waals surface area contributed by atoms with Crippen molar-refractivity contribution in [2.75, 3.05) is 5.75 Å². The van der Waals surface area contributed by atoms with E-state index in [-0.39, 0.29) is 16.8 Å². The Morgan fingerprint density at radius 3 is 1.75 bits per heavy atom. The molecule has 0 bridgehead atoms. The van der Waals surface area contributed by atoms with Crippen molar-refractivity contribution in [2.45, 2.75) is 127 Å². The number of rotatable bonds is 19. The Kier molecular flexibility index (Phi) is 14.1. The number of primary amides is 1. The molecule has 1 saturated heterocycles. The van der Waals surface area contributed by atoms with Crippen LogP contribution in [0.3, 0.4) is 0 Å². The van der Waals surface area contributed by atoms with Crippen molar-refractivity contribution in [3.8, 4) is 0 Å². The lowest BCUT2D eigenvalue weighted by molar-refractivity contribution is -0.119. The Hall–Kier alpha value is -1.00. The fraction of sp³-hybridized carbons (Fsp3) is 0.750. The summed E-state index contributed by atoms with van der Waals surface area (Å²) >= 11 is 1.85. The Morgan fingerprint density at radius 2 is 1.31 bits per heavy atom. The van der Waals surface area contributed by atoms with Gasteiger partial charge >= 0.3 is 0 Å². The minimum absolute atomic E-state index is 0.156. The van der Waals surface area contributed by atoms with E-state index in [0.717, 1.165) is 12.2 Å². The van der Waals surface area contributed by atoms with Crippen LogP contribution in [0.2, 0.25) is 0 Å². The van der Waals surface area contributed by atoms with Crippen LogP contribution in [0, 0.1) is 0 Å². The van der Waals surface area contributed by atoms with E-state index in [0.29, 0.717) is 0 Å². The Morgan fingerprint density at radius 1 is 0.844 bits per heavy atom. The predicted molar refractivity (Wildman–Crippen MR) is 141 cm³/mol. The number of thioether (sulfide) groups is 1. The molecule has 32 heavy (non-hydrogen) atoms. The molecule has 2 atom stereocenters. The highest BCUT2D eigenvalue weighted by molar-refractivity contribution is 8.00. The van der Waals surface area contributed by atoms with Crippen molar-refractivity contribution < 1.29 is 4.79 Å². The van der Waals surface area contributed by atoms with E-state index in [1.165, 1.54) is 108 Å². The van der Waals surface area contributed by atoms with E-state index in [1.54, 1.807) is 0 Å². The SMILES string of the molecule is CCCCCCCCCCCCCCCCCCC1(c2ccccc2)NC(C(N)=O)CS1. The number of amides is 1. The van der Waals surface area contributed by atoms with E-state index in [1.807, 2.05) is 11.8 Å². The lowest BCUT2D eigenvalue weighted by atomic mass is 9.97. The summed E-state index contributed by atoms with van der Waals surface area (Å²) in [4.78, 5) is 11.5. The van der Waals surface area contributed by atoms with Gasteiger partial charge in [0, 0.05) is 5.75 Å². The molecule has 182 valence electrons. The third kappa shape index (κ3) is 10.3. The minimum Gasteiger partial charge on any atom is -0.368 e. The van der Waals surface area contributed by atoms with Crippen LogP contribution < -0.4 is 11.1 Å². The fourth-order valence-electron chi connectivity index (χ4n) is 4.83. The number of hydrogen-bond acceptors (Lipinski definition) is 3. The van der Waals surface area contributed by atoms with Gasteiger partial charge in [0.1, 0.15) is 0 Å². The summed E-state index contributed by atoms with van der Waals surface area (Å²) in [6.07, 6.45) is 23.3. The number of hydrogen-bond donors (Lipinski definition) is 2. The Labute approximate surface area is 202 Å². The number of nitrogens with two attached hydrogens (primary N) is 1. The zero-order valence-corrected chi connectivity index (χ0v) is 21.4. The zero-order chi connectivity index (χ0) is 22.9. The van der Waals surface area contributed by atoms with Crippen LogP contribution in [0.25, 0.3) is 0 Å². The van der Waals surface area contributed by atoms with Crippen molar-refractivity contribution in [3.63, 3.8) is 0 Å². The molecule has 1 aliphatic heterocycles. The van der Waals surface area contributed by atoms with Crippen LogP contribution in [0.1, 0.15) is 122 Å². The second-order valence-electron chi connectivity index (χ2n) is 9.66. The fourth-order valence-corrected chi connectivity index (χ4v) is 6.34. The second-order valence-corrected chi connectivity index (χ2v) is 11.0. The molecular formula is C28H48N2OS. The van der Waals surface area contributed by atoms with E-state index >= 15 is 0 Å². The number of benzene rings is 1. The van der Waals surface area contributed by atoms with Gasteiger partial charge in [-0.25, -0.2) is 0 Å². The number of nitrogens with one attached hydrogen (secondary N) is 1. The molecule has 1 fully saturated rings. The summed E-state index contributed by atoms with van der Waals surface area (Å²) < 4.78 is 0. The molecule has 2 unspecified atom stereocenters. The van der Waals surface area contributed by atoms with Gasteiger partial charge in [-0.15, -0.1) is 11.8 Å². The maximum Gasteiger partial charge on any atom is 0.235 e. The molecule has 2 rings (SSSR count). The summed E-state index contributed by atoms with van der Waals surface area (Å²) in [5.41, 5.74) is 6.85. The van der Waals surface area contributed by atoms with Gasteiger partial charge in [0.25, 0.3) is 0 Å². The van der Waals surface area contributed by atoms with Crippen molar-refractivity contribution >= 4 is 17.7 Å². The van der Waals surface area contributed by atoms with Gasteiger partial charge in [0.15, 0.2) is 0 Å². The molecule has 1 aliphatic rings. The quantitative estimate of drug-likeness (QED) is 0.208. The average Bonchev–Trinajstić information content (AvgIpc) is 3.25. The predicted octanol–water partition coefficient (Wildman–Crippen LogP) is 7.68. The highest BCUT2D eigenvalue weighted by Gasteiger charge is 2.42. The first-order valence-corrected chi connectivity index (χ1v) is 14.4. The maximum atomic E-state index is 11.7. The Balaban J connectivity index is 1.49. The molecule has 4 heteroatoms. The maximum absolute atomic E-state index is 11.7. The molecule has 0 saturated carbocycles. The molecule has 1 aromatic carbocycles. The molecule has 0 aromatic heterocycles. The van der Waals surface area contributed by atoms with E-state index < -0.39 is 0 Å². The van der Waals surface area contributed by atoms with Gasteiger partial charge in [-0.2, -0.15) is 0 Å². The summed E-state index contributed by atoms with van der Waals surface area (Å²) in [5.74, 6) is 0.533. The van der Waals surface area contributed by atoms with Crippen LogP contribution >= 0.6 is 11.8 Å². The van der Waals surface area contributed by atoms with Gasteiger partial charge in [-0.1, -0.05) is 140 Å². The van der Waals surface area contributed by atoms with Gasteiger partial charge in [0.2, 0.25) is 5.91 Å². The third-order valence-corrected chi connectivity index (χ3v) is 8.42. The first-order valence-electron chi connectivity index (χ1n) is 13.4. The summed E-state index contributed by atoms with van der Waals surface area (Å²) in [5, 5.41) is 3.56. The summed E-state index contributed by atoms with van der Waals surface area (Å²) in [6, 6.07) is 10.4. The number of carbonyl (C=O) groups is 1. The molecule has 0 spiro atoms.